The van der Waals surface area contributed by atoms with E-state index < -0.39 is 0 Å². The van der Waals surface area contributed by atoms with Gasteiger partial charge in [0.15, 0.2) is 5.78 Å². The number of carbonyl (C=O) groups is 1. The zero-order valence-corrected chi connectivity index (χ0v) is 10.7. The number of aryl methyl sites for hydroxylation is 2. The Hall–Kier alpha value is -1.56. The third-order valence-electron chi connectivity index (χ3n) is 2.42. The molecule has 5 nitrogen and oxygen atoms in total. The summed E-state index contributed by atoms with van der Waals surface area (Å²) in [6.07, 6.45) is 5.72. The number of Topliss-reactive ketones (excluding diaryl/α,β-unsaturated/α-hetero) is 1. The molecule has 17 heavy (non-hydrogen) atoms. The van der Waals surface area contributed by atoms with Crippen LogP contribution in [-0.4, -0.2) is 25.2 Å². The minimum Gasteiger partial charge on any atom is -0.293 e. The molecule has 0 aliphatic rings. The molecule has 0 aliphatic heterocycles. The van der Waals surface area contributed by atoms with Crippen molar-refractivity contribution in [3.63, 3.8) is 0 Å². The second-order valence-corrected chi connectivity index (χ2v) is 4.68. The second-order valence-electron chi connectivity index (χ2n) is 3.92. The quantitative estimate of drug-likeness (QED) is 0.757. The monoisotopic (exact) mass is 250 g/mol. The van der Waals surface area contributed by atoms with Gasteiger partial charge in [-0.05, 0) is 23.5 Å². The number of hydrogen-bond donors (Lipinski definition) is 0. The Morgan fingerprint density at radius 2 is 2.35 bits per heavy atom. The zero-order valence-electron chi connectivity index (χ0n) is 9.88. The normalized spacial score (nSPS) is 10.7. The number of rotatable bonds is 5. The average molecular weight is 250 g/mol. The van der Waals surface area contributed by atoms with Crippen molar-refractivity contribution in [2.24, 2.45) is 7.05 Å². The molecule has 0 aromatic carbocycles. The van der Waals surface area contributed by atoms with Gasteiger partial charge in [0.05, 0.1) is 11.9 Å². The van der Waals surface area contributed by atoms with Gasteiger partial charge in [0, 0.05) is 19.7 Å². The van der Waals surface area contributed by atoms with Crippen LogP contribution in [0.5, 0.6) is 0 Å². The van der Waals surface area contributed by atoms with E-state index in [1.165, 1.54) is 11.5 Å². The van der Waals surface area contributed by atoms with Gasteiger partial charge in [0.1, 0.15) is 4.88 Å². The van der Waals surface area contributed by atoms with Crippen LogP contribution in [0.1, 0.15) is 34.3 Å². The minimum absolute atomic E-state index is 0.0800. The molecule has 2 aromatic heterocycles. The van der Waals surface area contributed by atoms with Gasteiger partial charge in [-0.3, -0.25) is 9.48 Å². The Bertz CT molecular complexity index is 517. The predicted molar refractivity (Wildman–Crippen MR) is 65.1 cm³/mol. The van der Waals surface area contributed by atoms with E-state index in [-0.39, 0.29) is 5.78 Å². The van der Waals surface area contributed by atoms with Gasteiger partial charge in [-0.1, -0.05) is 17.8 Å². The van der Waals surface area contributed by atoms with Crippen LogP contribution in [0.25, 0.3) is 0 Å². The molecule has 0 N–H and O–H groups in total. The Morgan fingerprint density at radius 1 is 1.53 bits per heavy atom. The molecule has 0 saturated carbocycles. The molecule has 0 atom stereocenters. The summed E-state index contributed by atoms with van der Waals surface area (Å²) in [5.41, 5.74) is 1.75. The molecule has 6 heteroatoms. The van der Waals surface area contributed by atoms with Gasteiger partial charge in [-0.25, -0.2) is 0 Å². The molecular weight excluding hydrogens is 236 g/mol. The number of carbonyl (C=O) groups excluding carboxylic acids is 1. The fourth-order valence-electron chi connectivity index (χ4n) is 1.65. The molecule has 0 fully saturated rings. The largest absolute Gasteiger partial charge is 0.293 e. The fourth-order valence-corrected chi connectivity index (χ4v) is 2.29. The van der Waals surface area contributed by atoms with E-state index in [0.29, 0.717) is 11.3 Å². The maximum absolute atomic E-state index is 12.1. The van der Waals surface area contributed by atoms with Crippen molar-refractivity contribution in [1.82, 2.24) is 19.4 Å². The maximum atomic E-state index is 12.1. The first-order chi connectivity index (χ1) is 8.20. The molecular formula is C11H14N4OS. The van der Waals surface area contributed by atoms with E-state index in [1.807, 2.05) is 13.2 Å². The summed E-state index contributed by atoms with van der Waals surface area (Å²) in [6, 6.07) is 0. The molecule has 0 unspecified atom stereocenters. The highest BCUT2D eigenvalue weighted by Crippen LogP contribution is 2.15. The third-order valence-corrected chi connectivity index (χ3v) is 3.23. The lowest BCUT2D eigenvalue weighted by molar-refractivity contribution is 0.0995. The van der Waals surface area contributed by atoms with Crippen molar-refractivity contribution >= 4 is 17.3 Å². The van der Waals surface area contributed by atoms with Crippen molar-refractivity contribution in [2.45, 2.75) is 26.2 Å². The zero-order chi connectivity index (χ0) is 12.3. The van der Waals surface area contributed by atoms with Crippen LogP contribution in [0.2, 0.25) is 0 Å². The van der Waals surface area contributed by atoms with Gasteiger partial charge in [-0.2, -0.15) is 5.10 Å². The first-order valence-corrected chi connectivity index (χ1v) is 6.30. The van der Waals surface area contributed by atoms with Crippen LogP contribution in [0.3, 0.4) is 0 Å². The Labute approximate surface area is 104 Å². The van der Waals surface area contributed by atoms with E-state index >= 15 is 0 Å². The molecule has 0 saturated heterocycles. The Morgan fingerprint density at radius 3 is 3.00 bits per heavy atom. The summed E-state index contributed by atoms with van der Waals surface area (Å²) in [6.45, 7) is 2.06. The minimum atomic E-state index is 0.0800. The van der Waals surface area contributed by atoms with Crippen molar-refractivity contribution in [2.75, 3.05) is 0 Å². The van der Waals surface area contributed by atoms with E-state index in [9.17, 15) is 4.79 Å². The lowest BCUT2D eigenvalue weighted by Gasteiger charge is -1.97. The Balaban J connectivity index is 2.11. The van der Waals surface area contributed by atoms with Crippen molar-refractivity contribution in [1.29, 1.82) is 0 Å². The van der Waals surface area contributed by atoms with Crippen LogP contribution in [0, 0.1) is 0 Å². The van der Waals surface area contributed by atoms with E-state index in [0.717, 1.165) is 24.1 Å². The summed E-state index contributed by atoms with van der Waals surface area (Å²) >= 11 is 1.19. The maximum Gasteiger partial charge on any atom is 0.180 e. The molecule has 0 aliphatic carbocycles. The molecule has 0 amide bonds. The summed E-state index contributed by atoms with van der Waals surface area (Å²) in [5, 5.41) is 8.05. The van der Waals surface area contributed by atoms with Crippen molar-refractivity contribution < 1.29 is 4.79 Å². The van der Waals surface area contributed by atoms with Gasteiger partial charge < -0.3 is 0 Å². The van der Waals surface area contributed by atoms with Crippen molar-refractivity contribution in [3.05, 3.63) is 28.5 Å². The first kappa shape index (κ1) is 11.9. The standard InChI is InChI=1S/C11H14N4OS/c1-3-4-9-11(17-14-13-9)10(16)5-8-6-12-15(2)7-8/h6-7H,3-5H2,1-2H3. The fraction of sp³-hybridized carbons (Fsp3) is 0.455. The number of aromatic nitrogens is 4. The van der Waals surface area contributed by atoms with Gasteiger partial charge >= 0.3 is 0 Å². The highest BCUT2D eigenvalue weighted by molar-refractivity contribution is 7.08. The van der Waals surface area contributed by atoms with Crippen LogP contribution in [0.4, 0.5) is 0 Å². The molecule has 2 aromatic rings. The third kappa shape index (κ3) is 2.76. The number of nitrogens with zero attached hydrogens (tertiary/aromatic N) is 4. The van der Waals surface area contributed by atoms with E-state index in [2.05, 4.69) is 21.6 Å². The molecule has 2 heterocycles. The highest BCUT2D eigenvalue weighted by atomic mass is 32.1. The van der Waals surface area contributed by atoms with Crippen LogP contribution in [0.15, 0.2) is 12.4 Å². The molecule has 2 rings (SSSR count). The first-order valence-electron chi connectivity index (χ1n) is 5.52. The lowest BCUT2D eigenvalue weighted by atomic mass is 10.1. The second kappa shape index (κ2) is 5.18. The van der Waals surface area contributed by atoms with Gasteiger partial charge in [0.2, 0.25) is 0 Å². The predicted octanol–water partition coefficient (Wildman–Crippen LogP) is 1.65. The van der Waals surface area contributed by atoms with Gasteiger partial charge in [0.25, 0.3) is 0 Å². The summed E-state index contributed by atoms with van der Waals surface area (Å²) < 4.78 is 5.55. The van der Waals surface area contributed by atoms with Gasteiger partial charge in [-0.15, -0.1) is 5.10 Å². The lowest BCUT2D eigenvalue weighted by Crippen LogP contribution is -2.04. The van der Waals surface area contributed by atoms with E-state index in [1.54, 1.807) is 10.9 Å². The van der Waals surface area contributed by atoms with Crippen LogP contribution in [-0.2, 0) is 19.9 Å². The molecule has 0 bridgehead atoms. The number of hydrogen-bond acceptors (Lipinski definition) is 5. The molecule has 90 valence electrons. The topological polar surface area (TPSA) is 60.7 Å². The average Bonchev–Trinajstić information content (AvgIpc) is 2.88. The number of ketones is 1. The molecule has 0 radical (unpaired) electrons. The summed E-state index contributed by atoms with van der Waals surface area (Å²) in [7, 11) is 1.84. The summed E-state index contributed by atoms with van der Waals surface area (Å²) in [4.78, 5) is 12.8. The smallest absolute Gasteiger partial charge is 0.180 e. The van der Waals surface area contributed by atoms with E-state index in [4.69, 9.17) is 0 Å². The summed E-state index contributed by atoms with van der Waals surface area (Å²) in [5.74, 6) is 0.0800. The Kier molecular flexibility index (Phi) is 3.63. The highest BCUT2D eigenvalue weighted by Gasteiger charge is 2.16. The van der Waals surface area contributed by atoms with Crippen LogP contribution >= 0.6 is 11.5 Å². The van der Waals surface area contributed by atoms with Crippen molar-refractivity contribution in [3.8, 4) is 0 Å². The SMILES string of the molecule is CCCc1nnsc1C(=O)Cc1cnn(C)c1. The molecule has 0 spiro atoms. The van der Waals surface area contributed by atoms with Crippen LogP contribution < -0.4 is 0 Å².